The van der Waals surface area contributed by atoms with E-state index in [0.717, 1.165) is 5.76 Å². The van der Waals surface area contributed by atoms with Gasteiger partial charge in [-0.15, -0.1) is 0 Å². The van der Waals surface area contributed by atoms with Gasteiger partial charge in [0, 0.05) is 24.8 Å². The van der Waals surface area contributed by atoms with Crippen molar-refractivity contribution in [2.75, 3.05) is 18.4 Å². The summed E-state index contributed by atoms with van der Waals surface area (Å²) in [6.07, 6.45) is 0. The molecule has 0 radical (unpaired) electrons. The SMILES string of the molecule is CCN(CC)S(=O)(=O)c1cc(NC(=O)c2cc(-c3ccc(C)o3)[nH]n2)ccc1Cl. The van der Waals surface area contributed by atoms with Gasteiger partial charge in [0.15, 0.2) is 11.5 Å². The number of H-pyrrole nitrogens is 1. The normalized spacial score (nSPS) is 11.8. The Balaban J connectivity index is 1.84. The summed E-state index contributed by atoms with van der Waals surface area (Å²) in [4.78, 5) is 12.5. The van der Waals surface area contributed by atoms with Crippen molar-refractivity contribution >= 4 is 33.2 Å². The van der Waals surface area contributed by atoms with E-state index in [0.29, 0.717) is 30.2 Å². The van der Waals surface area contributed by atoms with Gasteiger partial charge in [-0.25, -0.2) is 8.42 Å². The zero-order valence-corrected chi connectivity index (χ0v) is 17.8. The zero-order valence-electron chi connectivity index (χ0n) is 16.2. The summed E-state index contributed by atoms with van der Waals surface area (Å²) >= 11 is 6.12. The number of anilines is 1. The highest BCUT2D eigenvalue weighted by molar-refractivity contribution is 7.89. The predicted molar refractivity (Wildman–Crippen MR) is 111 cm³/mol. The predicted octanol–water partition coefficient (Wildman–Crippen LogP) is 3.91. The monoisotopic (exact) mass is 436 g/mol. The fraction of sp³-hybridized carbons (Fsp3) is 0.263. The summed E-state index contributed by atoms with van der Waals surface area (Å²) in [5.74, 6) is 0.807. The maximum Gasteiger partial charge on any atom is 0.276 e. The second-order valence-electron chi connectivity index (χ2n) is 6.27. The number of carbonyl (C=O) groups excluding carboxylic acids is 1. The van der Waals surface area contributed by atoms with Crippen LogP contribution in [-0.2, 0) is 10.0 Å². The van der Waals surface area contributed by atoms with Gasteiger partial charge in [0.05, 0.1) is 5.02 Å². The smallest absolute Gasteiger partial charge is 0.276 e. The lowest BCUT2D eigenvalue weighted by Gasteiger charge is -2.19. The van der Waals surface area contributed by atoms with E-state index >= 15 is 0 Å². The van der Waals surface area contributed by atoms with Gasteiger partial charge in [0.25, 0.3) is 5.91 Å². The molecule has 1 amide bonds. The Morgan fingerprint density at radius 3 is 2.55 bits per heavy atom. The highest BCUT2D eigenvalue weighted by Gasteiger charge is 2.25. The molecule has 0 saturated heterocycles. The number of halogens is 1. The molecule has 29 heavy (non-hydrogen) atoms. The van der Waals surface area contributed by atoms with Gasteiger partial charge < -0.3 is 9.73 Å². The largest absolute Gasteiger partial charge is 0.460 e. The minimum atomic E-state index is -3.77. The molecule has 0 unspecified atom stereocenters. The Morgan fingerprint density at radius 2 is 1.93 bits per heavy atom. The van der Waals surface area contributed by atoms with E-state index in [9.17, 15) is 13.2 Å². The van der Waals surface area contributed by atoms with Gasteiger partial charge in [0.2, 0.25) is 10.0 Å². The van der Waals surface area contributed by atoms with E-state index < -0.39 is 15.9 Å². The van der Waals surface area contributed by atoms with Crippen molar-refractivity contribution in [1.82, 2.24) is 14.5 Å². The number of carbonyl (C=O) groups is 1. The van der Waals surface area contributed by atoms with Crippen LogP contribution in [0, 0.1) is 6.92 Å². The van der Waals surface area contributed by atoms with Crippen LogP contribution in [0.1, 0.15) is 30.1 Å². The number of nitrogens with one attached hydrogen (secondary N) is 2. The van der Waals surface area contributed by atoms with Crippen molar-refractivity contribution in [1.29, 1.82) is 0 Å². The van der Waals surface area contributed by atoms with Crippen molar-refractivity contribution in [3.05, 3.63) is 52.9 Å². The number of furan rings is 1. The van der Waals surface area contributed by atoms with Crippen molar-refractivity contribution < 1.29 is 17.6 Å². The summed E-state index contributed by atoms with van der Waals surface area (Å²) in [5.41, 5.74) is 0.991. The van der Waals surface area contributed by atoms with E-state index in [-0.39, 0.29) is 15.6 Å². The fourth-order valence-corrected chi connectivity index (χ4v) is 4.78. The van der Waals surface area contributed by atoms with Crippen molar-refractivity contribution in [3.63, 3.8) is 0 Å². The lowest BCUT2D eigenvalue weighted by molar-refractivity contribution is 0.102. The van der Waals surface area contributed by atoms with Crippen molar-refractivity contribution in [3.8, 4) is 11.5 Å². The van der Waals surface area contributed by atoms with Gasteiger partial charge in [-0.05, 0) is 37.3 Å². The molecule has 0 aliphatic carbocycles. The van der Waals surface area contributed by atoms with Crippen LogP contribution in [-0.4, -0.2) is 41.9 Å². The first kappa shape index (κ1) is 21.1. The zero-order chi connectivity index (χ0) is 21.2. The maximum atomic E-state index is 12.8. The average Bonchev–Trinajstić information content (AvgIpc) is 3.33. The molecule has 3 rings (SSSR count). The molecule has 0 spiro atoms. The van der Waals surface area contributed by atoms with Crippen LogP contribution in [0.15, 0.2) is 45.7 Å². The molecule has 0 atom stereocenters. The Hall–Kier alpha value is -2.62. The van der Waals surface area contributed by atoms with Crippen LogP contribution >= 0.6 is 11.6 Å². The molecular weight excluding hydrogens is 416 g/mol. The van der Waals surface area contributed by atoms with E-state index in [1.54, 1.807) is 26.0 Å². The van der Waals surface area contributed by atoms with Crippen LogP contribution in [0.4, 0.5) is 5.69 Å². The highest BCUT2D eigenvalue weighted by atomic mass is 35.5. The van der Waals surface area contributed by atoms with Crippen LogP contribution < -0.4 is 5.32 Å². The molecule has 1 aromatic carbocycles. The third kappa shape index (κ3) is 4.36. The number of sulfonamides is 1. The molecule has 0 saturated carbocycles. The molecule has 2 N–H and O–H groups in total. The first-order valence-corrected chi connectivity index (χ1v) is 10.8. The van der Waals surface area contributed by atoms with Crippen LogP contribution in [0.5, 0.6) is 0 Å². The second kappa shape index (κ2) is 8.40. The minimum absolute atomic E-state index is 0.0607. The summed E-state index contributed by atoms with van der Waals surface area (Å²) in [6, 6.07) is 9.45. The number of benzene rings is 1. The Bertz CT molecular complexity index is 1130. The molecule has 0 aliphatic heterocycles. The highest BCUT2D eigenvalue weighted by Crippen LogP contribution is 2.28. The van der Waals surface area contributed by atoms with Crippen LogP contribution in [0.25, 0.3) is 11.5 Å². The number of hydrogen-bond acceptors (Lipinski definition) is 5. The molecule has 0 bridgehead atoms. The van der Waals surface area contributed by atoms with E-state index in [4.69, 9.17) is 16.0 Å². The van der Waals surface area contributed by atoms with Gasteiger partial charge in [-0.2, -0.15) is 9.40 Å². The van der Waals surface area contributed by atoms with Crippen molar-refractivity contribution in [2.45, 2.75) is 25.7 Å². The third-order valence-electron chi connectivity index (χ3n) is 4.33. The summed E-state index contributed by atoms with van der Waals surface area (Å²) in [6.45, 7) is 5.94. The quantitative estimate of drug-likeness (QED) is 0.583. The lowest BCUT2D eigenvalue weighted by Crippen LogP contribution is -2.30. The van der Waals surface area contributed by atoms with Gasteiger partial charge in [0.1, 0.15) is 16.3 Å². The molecule has 8 nitrogen and oxygen atoms in total. The number of aromatic amines is 1. The molecular formula is C19H21ClN4O4S. The van der Waals surface area contributed by atoms with Crippen molar-refractivity contribution in [2.24, 2.45) is 0 Å². The summed E-state index contributed by atoms with van der Waals surface area (Å²) < 4.78 is 32.4. The van der Waals surface area contributed by atoms with Gasteiger partial charge >= 0.3 is 0 Å². The molecule has 10 heteroatoms. The van der Waals surface area contributed by atoms with Crippen LogP contribution in [0.2, 0.25) is 5.02 Å². The number of amides is 1. The van der Waals surface area contributed by atoms with Gasteiger partial charge in [-0.3, -0.25) is 9.89 Å². The molecule has 154 valence electrons. The maximum absolute atomic E-state index is 12.8. The molecule has 0 fully saturated rings. The first-order valence-electron chi connectivity index (χ1n) is 8.99. The molecule has 2 aromatic heterocycles. The number of aryl methyl sites for hydroxylation is 1. The number of rotatable bonds is 7. The third-order valence-corrected chi connectivity index (χ3v) is 6.86. The molecule has 0 aliphatic rings. The Kier molecular flexibility index (Phi) is 6.11. The topological polar surface area (TPSA) is 108 Å². The molecule has 2 heterocycles. The first-order chi connectivity index (χ1) is 13.8. The van der Waals surface area contributed by atoms with E-state index in [1.165, 1.54) is 22.5 Å². The number of nitrogens with zero attached hydrogens (tertiary/aromatic N) is 2. The Labute approximate surface area is 173 Å². The molecule has 3 aromatic rings. The minimum Gasteiger partial charge on any atom is -0.460 e. The standard InChI is InChI=1S/C19H21ClN4O4S/c1-4-24(5-2)29(26,27)18-10-13(7-8-14(18)20)21-19(25)16-11-15(22-23-16)17-9-6-12(3)28-17/h6-11H,4-5H2,1-3H3,(H,21,25)(H,22,23). The van der Waals surface area contributed by atoms with E-state index in [2.05, 4.69) is 15.5 Å². The average molecular weight is 437 g/mol. The summed E-state index contributed by atoms with van der Waals surface area (Å²) in [7, 11) is -3.77. The fourth-order valence-electron chi connectivity index (χ4n) is 2.82. The lowest BCUT2D eigenvalue weighted by atomic mass is 10.2. The Morgan fingerprint density at radius 1 is 1.21 bits per heavy atom. The van der Waals surface area contributed by atoms with E-state index in [1.807, 2.05) is 13.0 Å². The van der Waals surface area contributed by atoms with Gasteiger partial charge in [-0.1, -0.05) is 25.4 Å². The summed E-state index contributed by atoms with van der Waals surface area (Å²) in [5, 5.41) is 9.48. The second-order valence-corrected chi connectivity index (χ2v) is 8.58. The van der Waals surface area contributed by atoms with Crippen LogP contribution in [0.3, 0.4) is 0 Å². The number of aromatic nitrogens is 2. The number of hydrogen-bond donors (Lipinski definition) is 2.